The zero-order valence-corrected chi connectivity index (χ0v) is 9.96. The second-order valence-electron chi connectivity index (χ2n) is 3.38. The number of alkyl halides is 3. The van der Waals surface area contributed by atoms with Gasteiger partial charge in [0.2, 0.25) is 0 Å². The third-order valence-electron chi connectivity index (χ3n) is 2.08. The van der Waals surface area contributed by atoms with E-state index in [9.17, 15) is 13.2 Å². The largest absolute Gasteiger partial charge is 0.416 e. The van der Waals surface area contributed by atoms with Crippen molar-refractivity contribution in [2.24, 2.45) is 0 Å². The first-order valence-corrected chi connectivity index (χ1v) is 5.35. The molecule has 0 aliphatic rings. The molecule has 0 saturated carbocycles. The molecule has 90 valence electrons. The Kier molecular flexibility index (Phi) is 2.86. The maximum atomic E-state index is 12.6. The summed E-state index contributed by atoms with van der Waals surface area (Å²) in [4.78, 5) is 0. The number of hydrogen-bond donors (Lipinski definition) is 1. The first kappa shape index (κ1) is 12.0. The van der Waals surface area contributed by atoms with Crippen molar-refractivity contribution in [2.75, 3.05) is 5.73 Å². The van der Waals surface area contributed by atoms with Gasteiger partial charge in [0.15, 0.2) is 0 Å². The molecule has 2 rings (SSSR count). The summed E-state index contributed by atoms with van der Waals surface area (Å²) in [6, 6.07) is 5.06. The van der Waals surface area contributed by atoms with Crippen molar-refractivity contribution in [2.45, 2.75) is 6.18 Å². The molecule has 0 amide bonds. The summed E-state index contributed by atoms with van der Waals surface area (Å²) in [6.07, 6.45) is -2.89. The van der Waals surface area contributed by atoms with Crippen molar-refractivity contribution in [3.05, 3.63) is 40.5 Å². The number of rotatable bonds is 1. The molecule has 0 aliphatic carbocycles. The molecular weight excluding hydrogens is 299 g/mol. The molecule has 0 saturated heterocycles. The molecule has 0 fully saturated rings. The SMILES string of the molecule is Nc1ccn(-c2cc(Br)cc(C(F)(F)F)c2)n1. The van der Waals surface area contributed by atoms with Gasteiger partial charge in [0.1, 0.15) is 5.82 Å². The van der Waals surface area contributed by atoms with Gasteiger partial charge in [-0.15, -0.1) is 0 Å². The predicted octanol–water partition coefficient (Wildman–Crippen LogP) is 3.24. The van der Waals surface area contributed by atoms with Crippen molar-refractivity contribution in [1.82, 2.24) is 9.78 Å². The quantitative estimate of drug-likeness (QED) is 0.879. The van der Waals surface area contributed by atoms with Crippen molar-refractivity contribution >= 4 is 21.7 Å². The minimum Gasteiger partial charge on any atom is -0.382 e. The number of aromatic nitrogens is 2. The molecule has 0 atom stereocenters. The first-order chi connectivity index (χ1) is 7.86. The summed E-state index contributed by atoms with van der Waals surface area (Å²) < 4.78 is 39.4. The summed E-state index contributed by atoms with van der Waals surface area (Å²) >= 11 is 3.04. The van der Waals surface area contributed by atoms with Gasteiger partial charge in [-0.1, -0.05) is 15.9 Å². The highest BCUT2D eigenvalue weighted by molar-refractivity contribution is 9.10. The van der Waals surface area contributed by atoms with Crippen molar-refractivity contribution in [3.63, 3.8) is 0 Å². The highest BCUT2D eigenvalue weighted by atomic mass is 79.9. The van der Waals surface area contributed by atoms with E-state index in [1.165, 1.54) is 23.0 Å². The van der Waals surface area contributed by atoms with Crippen LogP contribution in [-0.4, -0.2) is 9.78 Å². The smallest absolute Gasteiger partial charge is 0.382 e. The lowest BCUT2D eigenvalue weighted by Crippen LogP contribution is -2.07. The van der Waals surface area contributed by atoms with Gasteiger partial charge in [-0.25, -0.2) is 4.68 Å². The highest BCUT2D eigenvalue weighted by Crippen LogP contribution is 2.32. The van der Waals surface area contributed by atoms with E-state index in [-0.39, 0.29) is 5.82 Å². The monoisotopic (exact) mass is 305 g/mol. The molecule has 0 unspecified atom stereocenters. The molecule has 2 N–H and O–H groups in total. The van der Waals surface area contributed by atoms with Crippen LogP contribution in [0.15, 0.2) is 34.9 Å². The first-order valence-electron chi connectivity index (χ1n) is 4.55. The lowest BCUT2D eigenvalue weighted by molar-refractivity contribution is -0.137. The third kappa shape index (κ3) is 2.60. The fourth-order valence-electron chi connectivity index (χ4n) is 1.35. The molecule has 0 radical (unpaired) electrons. The van der Waals surface area contributed by atoms with E-state index in [0.717, 1.165) is 12.1 Å². The van der Waals surface area contributed by atoms with Crippen molar-refractivity contribution in [1.29, 1.82) is 0 Å². The Hall–Kier alpha value is -1.50. The summed E-state index contributed by atoms with van der Waals surface area (Å²) in [6.45, 7) is 0. The Bertz CT molecular complexity index is 548. The molecule has 3 nitrogen and oxygen atoms in total. The summed E-state index contributed by atoms with van der Waals surface area (Å²) in [5.74, 6) is 0.249. The Morgan fingerprint density at radius 2 is 1.94 bits per heavy atom. The van der Waals surface area contributed by atoms with Gasteiger partial charge in [-0.05, 0) is 18.2 Å². The van der Waals surface area contributed by atoms with Gasteiger partial charge in [-0.3, -0.25) is 0 Å². The number of halogens is 4. The Labute approximate surface area is 103 Å². The fraction of sp³-hybridized carbons (Fsp3) is 0.100. The van der Waals surface area contributed by atoms with Crippen LogP contribution in [0.25, 0.3) is 5.69 Å². The number of nitrogens with zero attached hydrogens (tertiary/aromatic N) is 2. The molecule has 1 heterocycles. The molecule has 17 heavy (non-hydrogen) atoms. The van der Waals surface area contributed by atoms with Crippen LogP contribution >= 0.6 is 15.9 Å². The lowest BCUT2D eigenvalue weighted by Gasteiger charge is -2.09. The van der Waals surface area contributed by atoms with Crippen LogP contribution in [0.2, 0.25) is 0 Å². The number of hydrogen-bond acceptors (Lipinski definition) is 2. The van der Waals surface area contributed by atoms with E-state index in [4.69, 9.17) is 5.73 Å². The van der Waals surface area contributed by atoms with Gasteiger partial charge in [0, 0.05) is 16.7 Å². The summed E-state index contributed by atoms with van der Waals surface area (Å²) in [5, 5.41) is 3.85. The number of nitrogens with two attached hydrogens (primary N) is 1. The van der Waals surface area contributed by atoms with E-state index in [2.05, 4.69) is 21.0 Å². The number of anilines is 1. The Balaban J connectivity index is 2.52. The van der Waals surface area contributed by atoms with E-state index in [1.807, 2.05) is 0 Å². The zero-order valence-electron chi connectivity index (χ0n) is 8.37. The lowest BCUT2D eigenvalue weighted by atomic mass is 10.2. The van der Waals surface area contributed by atoms with E-state index >= 15 is 0 Å². The Morgan fingerprint density at radius 1 is 1.24 bits per heavy atom. The maximum Gasteiger partial charge on any atom is 0.416 e. The molecule has 0 spiro atoms. The minimum absolute atomic E-state index is 0.249. The molecule has 0 bridgehead atoms. The standard InChI is InChI=1S/C10H7BrF3N3/c11-7-3-6(10(12,13)14)4-8(5-7)17-2-1-9(15)16-17/h1-5H,(H2,15,16). The second kappa shape index (κ2) is 4.06. The molecule has 2 aromatic rings. The van der Waals surface area contributed by atoms with Gasteiger partial charge >= 0.3 is 6.18 Å². The normalized spacial score (nSPS) is 11.8. The summed E-state index contributed by atoms with van der Waals surface area (Å²) in [7, 11) is 0. The van der Waals surface area contributed by atoms with Crippen LogP contribution in [0.4, 0.5) is 19.0 Å². The van der Waals surface area contributed by atoms with E-state index < -0.39 is 11.7 Å². The van der Waals surface area contributed by atoms with Crippen molar-refractivity contribution < 1.29 is 13.2 Å². The summed E-state index contributed by atoms with van der Waals surface area (Å²) in [5.41, 5.74) is 4.97. The van der Waals surface area contributed by atoms with Crippen LogP contribution in [0.5, 0.6) is 0 Å². The topological polar surface area (TPSA) is 43.8 Å². The minimum atomic E-state index is -4.39. The highest BCUT2D eigenvalue weighted by Gasteiger charge is 2.31. The average molecular weight is 306 g/mol. The van der Waals surface area contributed by atoms with Gasteiger partial charge in [0.05, 0.1) is 11.3 Å². The molecule has 7 heteroatoms. The number of nitrogen functional groups attached to an aromatic ring is 1. The maximum absolute atomic E-state index is 12.6. The van der Waals surface area contributed by atoms with Gasteiger partial charge in [0.25, 0.3) is 0 Å². The average Bonchev–Trinajstić information content (AvgIpc) is 2.62. The van der Waals surface area contributed by atoms with Crippen LogP contribution in [0.1, 0.15) is 5.56 Å². The second-order valence-corrected chi connectivity index (χ2v) is 4.30. The van der Waals surface area contributed by atoms with E-state index in [1.54, 1.807) is 0 Å². The van der Waals surface area contributed by atoms with Crippen LogP contribution in [-0.2, 0) is 6.18 Å². The van der Waals surface area contributed by atoms with E-state index in [0.29, 0.717) is 10.2 Å². The third-order valence-corrected chi connectivity index (χ3v) is 2.54. The van der Waals surface area contributed by atoms with Crippen molar-refractivity contribution in [3.8, 4) is 5.69 Å². The number of benzene rings is 1. The molecule has 1 aromatic heterocycles. The molecule has 0 aliphatic heterocycles. The van der Waals surface area contributed by atoms with Crippen LogP contribution in [0.3, 0.4) is 0 Å². The van der Waals surface area contributed by atoms with Crippen LogP contribution < -0.4 is 5.73 Å². The fourth-order valence-corrected chi connectivity index (χ4v) is 1.83. The van der Waals surface area contributed by atoms with Gasteiger partial charge < -0.3 is 5.73 Å². The zero-order chi connectivity index (χ0) is 12.6. The molecule has 1 aromatic carbocycles. The van der Waals surface area contributed by atoms with Crippen LogP contribution in [0, 0.1) is 0 Å². The molecular formula is C10H7BrF3N3. The Morgan fingerprint density at radius 3 is 2.47 bits per heavy atom. The predicted molar refractivity (Wildman–Crippen MR) is 60.7 cm³/mol. The van der Waals surface area contributed by atoms with Gasteiger partial charge in [-0.2, -0.15) is 18.3 Å².